The van der Waals surface area contributed by atoms with E-state index in [2.05, 4.69) is 51.9 Å². The number of aryl methyl sites for hydroxylation is 1. The summed E-state index contributed by atoms with van der Waals surface area (Å²) in [4.78, 5) is 16.7. The number of nitrogens with zero attached hydrogens (tertiary/aromatic N) is 2. The van der Waals surface area contributed by atoms with E-state index in [1.165, 1.54) is 5.56 Å². The molecule has 5 nitrogen and oxygen atoms in total. The number of rotatable bonds is 7. The van der Waals surface area contributed by atoms with Gasteiger partial charge in [0.1, 0.15) is 0 Å². The van der Waals surface area contributed by atoms with E-state index in [4.69, 9.17) is 4.52 Å². The predicted octanol–water partition coefficient (Wildman–Crippen LogP) is 5.28. The van der Waals surface area contributed by atoms with E-state index >= 15 is 0 Å². The predicted molar refractivity (Wildman–Crippen MR) is 114 cm³/mol. The van der Waals surface area contributed by atoms with Crippen LogP contribution in [-0.4, -0.2) is 16.0 Å². The van der Waals surface area contributed by atoms with E-state index in [1.54, 1.807) is 11.3 Å². The average Bonchev–Trinajstić information content (AvgIpc) is 3.45. The first-order chi connectivity index (χ1) is 14.2. The molecule has 1 amide bonds. The summed E-state index contributed by atoms with van der Waals surface area (Å²) in [7, 11) is 0. The molecular weight excluding hydrogens is 382 g/mol. The van der Waals surface area contributed by atoms with Crippen LogP contribution in [0.1, 0.15) is 30.8 Å². The van der Waals surface area contributed by atoms with Gasteiger partial charge in [-0.2, -0.15) is 16.3 Å². The number of hydrogen-bond donors (Lipinski definition) is 1. The Morgan fingerprint density at radius 2 is 1.79 bits per heavy atom. The number of thiophene rings is 1. The molecule has 0 aliphatic heterocycles. The molecule has 4 rings (SSSR count). The fourth-order valence-electron chi connectivity index (χ4n) is 3.08. The zero-order valence-electron chi connectivity index (χ0n) is 16.0. The molecule has 146 valence electrons. The van der Waals surface area contributed by atoms with Crippen LogP contribution in [-0.2, 0) is 11.2 Å². The minimum absolute atomic E-state index is 0.0417. The Morgan fingerprint density at radius 1 is 1.03 bits per heavy atom. The molecule has 0 aliphatic carbocycles. The Hall–Kier alpha value is -3.25. The first-order valence-corrected chi connectivity index (χ1v) is 10.4. The highest BCUT2D eigenvalue weighted by atomic mass is 32.1. The second-order valence-corrected chi connectivity index (χ2v) is 7.58. The van der Waals surface area contributed by atoms with Crippen LogP contribution >= 0.6 is 11.3 Å². The molecule has 0 saturated heterocycles. The molecule has 0 fully saturated rings. The first-order valence-electron chi connectivity index (χ1n) is 9.49. The lowest BCUT2D eigenvalue weighted by atomic mass is 10.0. The Balaban J connectivity index is 1.30. The van der Waals surface area contributed by atoms with Crippen molar-refractivity contribution in [2.24, 2.45) is 0 Å². The van der Waals surface area contributed by atoms with Crippen LogP contribution in [0.25, 0.3) is 22.5 Å². The lowest BCUT2D eigenvalue weighted by molar-refractivity contribution is -0.121. The monoisotopic (exact) mass is 403 g/mol. The summed E-state index contributed by atoms with van der Waals surface area (Å²) in [5.74, 6) is 0.995. The van der Waals surface area contributed by atoms with Crippen LogP contribution in [0.2, 0.25) is 0 Å². The number of amides is 1. The molecule has 1 N–H and O–H groups in total. The highest BCUT2D eigenvalue weighted by Gasteiger charge is 2.13. The van der Waals surface area contributed by atoms with Gasteiger partial charge in [-0.3, -0.25) is 4.79 Å². The molecule has 2 aromatic carbocycles. The largest absolute Gasteiger partial charge is 0.350 e. The minimum atomic E-state index is -0.0728. The zero-order valence-corrected chi connectivity index (χ0v) is 16.9. The van der Waals surface area contributed by atoms with Crippen LogP contribution in [0.5, 0.6) is 0 Å². The highest BCUT2D eigenvalue weighted by molar-refractivity contribution is 7.08. The van der Waals surface area contributed by atoms with Gasteiger partial charge in [0.25, 0.3) is 0 Å². The van der Waals surface area contributed by atoms with Crippen molar-refractivity contribution in [3.63, 3.8) is 0 Å². The number of nitrogens with one attached hydrogen (secondary N) is 1. The molecule has 0 radical (unpaired) electrons. The number of benzene rings is 2. The second-order valence-electron chi connectivity index (χ2n) is 6.80. The van der Waals surface area contributed by atoms with Gasteiger partial charge in [-0.15, -0.1) is 0 Å². The van der Waals surface area contributed by atoms with E-state index in [-0.39, 0.29) is 11.9 Å². The van der Waals surface area contributed by atoms with Crippen molar-refractivity contribution in [3.8, 4) is 22.5 Å². The number of carbonyl (C=O) groups is 1. The van der Waals surface area contributed by atoms with Gasteiger partial charge in [0.15, 0.2) is 0 Å². The quantitative estimate of drug-likeness (QED) is 0.456. The summed E-state index contributed by atoms with van der Waals surface area (Å²) in [6.45, 7) is 1.98. The number of carbonyl (C=O) groups excluding carboxylic acids is 1. The van der Waals surface area contributed by atoms with Crippen molar-refractivity contribution in [1.82, 2.24) is 15.5 Å². The molecule has 2 aromatic heterocycles. The smallest absolute Gasteiger partial charge is 0.227 e. The third kappa shape index (κ3) is 4.78. The van der Waals surface area contributed by atoms with Crippen molar-refractivity contribution in [2.75, 3.05) is 0 Å². The molecular formula is C23H21N3O2S. The molecule has 0 bridgehead atoms. The maximum absolute atomic E-state index is 12.3. The van der Waals surface area contributed by atoms with Crippen molar-refractivity contribution >= 4 is 17.2 Å². The standard InChI is InChI=1S/C23H21N3O2S/c1-16(17-7-9-19(10-8-17)18-5-3-2-4-6-18)24-21(27)11-12-22-25-23(26-28-22)20-13-14-29-15-20/h2-10,13-16H,11-12H2,1H3,(H,24,27). The molecule has 1 atom stereocenters. The van der Waals surface area contributed by atoms with Crippen LogP contribution in [0.15, 0.2) is 75.9 Å². The van der Waals surface area contributed by atoms with Crippen LogP contribution in [0.3, 0.4) is 0 Å². The molecule has 2 heterocycles. The number of hydrogen-bond acceptors (Lipinski definition) is 5. The highest BCUT2D eigenvalue weighted by Crippen LogP contribution is 2.22. The number of aromatic nitrogens is 2. The molecule has 0 aliphatic rings. The Morgan fingerprint density at radius 3 is 2.52 bits per heavy atom. The third-order valence-electron chi connectivity index (χ3n) is 4.71. The van der Waals surface area contributed by atoms with Gasteiger partial charge in [-0.1, -0.05) is 59.8 Å². The SMILES string of the molecule is CC(NC(=O)CCc1nc(-c2ccsc2)no1)c1ccc(-c2ccccc2)cc1. The molecule has 1 unspecified atom stereocenters. The topological polar surface area (TPSA) is 68.0 Å². The Bertz CT molecular complexity index is 1060. The molecule has 0 saturated carbocycles. The third-order valence-corrected chi connectivity index (χ3v) is 5.39. The summed E-state index contributed by atoms with van der Waals surface area (Å²) in [6.07, 6.45) is 0.723. The normalized spacial score (nSPS) is 11.9. The van der Waals surface area contributed by atoms with Crippen LogP contribution in [0.4, 0.5) is 0 Å². The van der Waals surface area contributed by atoms with Gasteiger partial charge in [0.2, 0.25) is 17.6 Å². The van der Waals surface area contributed by atoms with Crippen molar-refractivity contribution < 1.29 is 9.32 Å². The lowest BCUT2D eigenvalue weighted by Gasteiger charge is -2.14. The summed E-state index contributed by atoms with van der Waals surface area (Å²) < 4.78 is 5.25. The molecule has 6 heteroatoms. The van der Waals surface area contributed by atoms with E-state index in [0.717, 1.165) is 16.7 Å². The minimum Gasteiger partial charge on any atom is -0.350 e. The fraction of sp³-hybridized carbons (Fsp3) is 0.174. The maximum atomic E-state index is 12.3. The summed E-state index contributed by atoms with van der Waals surface area (Å²) in [5.41, 5.74) is 4.33. The first kappa shape index (κ1) is 19.1. The maximum Gasteiger partial charge on any atom is 0.227 e. The van der Waals surface area contributed by atoms with Crippen molar-refractivity contribution in [2.45, 2.75) is 25.8 Å². The second kappa shape index (κ2) is 8.84. The average molecular weight is 404 g/mol. The van der Waals surface area contributed by atoms with Gasteiger partial charge in [-0.05, 0) is 35.1 Å². The van der Waals surface area contributed by atoms with Gasteiger partial charge in [0, 0.05) is 23.8 Å². The molecule has 29 heavy (non-hydrogen) atoms. The van der Waals surface area contributed by atoms with E-state index in [0.29, 0.717) is 24.6 Å². The molecule has 0 spiro atoms. The van der Waals surface area contributed by atoms with Crippen LogP contribution in [0, 0.1) is 0 Å². The lowest BCUT2D eigenvalue weighted by Crippen LogP contribution is -2.26. The van der Waals surface area contributed by atoms with E-state index in [1.807, 2.05) is 41.9 Å². The fourth-order valence-corrected chi connectivity index (χ4v) is 3.71. The van der Waals surface area contributed by atoms with Gasteiger partial charge < -0.3 is 9.84 Å². The summed E-state index contributed by atoms with van der Waals surface area (Å²) >= 11 is 1.58. The van der Waals surface area contributed by atoms with Crippen LogP contribution < -0.4 is 5.32 Å². The van der Waals surface area contributed by atoms with Crippen molar-refractivity contribution in [3.05, 3.63) is 82.9 Å². The van der Waals surface area contributed by atoms with Gasteiger partial charge >= 0.3 is 0 Å². The Labute approximate surface area is 173 Å². The molecule has 4 aromatic rings. The van der Waals surface area contributed by atoms with Crippen molar-refractivity contribution in [1.29, 1.82) is 0 Å². The summed E-state index contributed by atoms with van der Waals surface area (Å²) in [6, 6.07) is 20.4. The van der Waals surface area contributed by atoms with E-state index in [9.17, 15) is 4.79 Å². The van der Waals surface area contributed by atoms with E-state index < -0.39 is 0 Å². The zero-order chi connectivity index (χ0) is 20.1. The van der Waals surface area contributed by atoms with Gasteiger partial charge in [0.05, 0.1) is 6.04 Å². The van der Waals surface area contributed by atoms with Gasteiger partial charge in [-0.25, -0.2) is 0 Å². The summed E-state index contributed by atoms with van der Waals surface area (Å²) in [5, 5.41) is 10.9. The Kier molecular flexibility index (Phi) is 5.81.